The SMILES string of the molecule is CCCC[C@@]1(C)N[C@H](c2ccccc2)CCC1=O. The summed E-state index contributed by atoms with van der Waals surface area (Å²) < 4.78 is 0. The van der Waals surface area contributed by atoms with Gasteiger partial charge in [-0.05, 0) is 25.3 Å². The van der Waals surface area contributed by atoms with Gasteiger partial charge in [0.25, 0.3) is 0 Å². The highest BCUT2D eigenvalue weighted by Crippen LogP contribution is 2.31. The fourth-order valence-electron chi connectivity index (χ4n) is 2.77. The number of carbonyl (C=O) groups excluding carboxylic acids is 1. The molecule has 0 aromatic heterocycles. The molecule has 1 saturated heterocycles. The second kappa shape index (κ2) is 5.66. The highest BCUT2D eigenvalue weighted by molar-refractivity contribution is 5.88. The summed E-state index contributed by atoms with van der Waals surface area (Å²) in [4.78, 5) is 12.1. The van der Waals surface area contributed by atoms with Gasteiger partial charge in [-0.1, -0.05) is 50.1 Å². The van der Waals surface area contributed by atoms with Gasteiger partial charge in [-0.15, -0.1) is 0 Å². The van der Waals surface area contributed by atoms with Crippen molar-refractivity contribution in [3.8, 4) is 0 Å². The van der Waals surface area contributed by atoms with Gasteiger partial charge in [-0.2, -0.15) is 0 Å². The molecule has 0 bridgehead atoms. The Morgan fingerprint density at radius 2 is 2.06 bits per heavy atom. The van der Waals surface area contributed by atoms with E-state index < -0.39 is 0 Å². The maximum Gasteiger partial charge on any atom is 0.152 e. The van der Waals surface area contributed by atoms with Crippen LogP contribution < -0.4 is 5.32 Å². The molecule has 0 amide bonds. The average molecular weight is 245 g/mol. The van der Waals surface area contributed by atoms with Crippen LogP contribution in [0.15, 0.2) is 30.3 Å². The van der Waals surface area contributed by atoms with Crippen LogP contribution in [-0.2, 0) is 4.79 Å². The Kier molecular flexibility index (Phi) is 4.18. The maximum atomic E-state index is 12.1. The van der Waals surface area contributed by atoms with Crippen molar-refractivity contribution >= 4 is 5.78 Å². The van der Waals surface area contributed by atoms with Crippen molar-refractivity contribution in [2.24, 2.45) is 0 Å². The third-order valence-electron chi connectivity index (χ3n) is 4.00. The van der Waals surface area contributed by atoms with Gasteiger partial charge in [0, 0.05) is 12.5 Å². The Morgan fingerprint density at radius 3 is 2.72 bits per heavy atom. The molecule has 1 aliphatic heterocycles. The Balaban J connectivity index is 2.11. The average Bonchev–Trinajstić information content (AvgIpc) is 2.41. The molecule has 2 atom stereocenters. The van der Waals surface area contributed by atoms with Crippen LogP contribution in [0.3, 0.4) is 0 Å². The van der Waals surface area contributed by atoms with Crippen molar-refractivity contribution < 1.29 is 4.79 Å². The fourth-order valence-corrected chi connectivity index (χ4v) is 2.77. The first kappa shape index (κ1) is 13.3. The number of benzene rings is 1. The van der Waals surface area contributed by atoms with Crippen molar-refractivity contribution in [1.82, 2.24) is 5.32 Å². The number of nitrogens with one attached hydrogen (secondary N) is 1. The standard InChI is InChI=1S/C16H23NO/c1-3-4-12-16(2)15(18)11-10-14(17-16)13-8-6-5-7-9-13/h5-9,14,17H,3-4,10-12H2,1-2H3/t14-,16+/m0/s1. The molecule has 1 N–H and O–H groups in total. The molecule has 0 unspecified atom stereocenters. The van der Waals surface area contributed by atoms with Crippen molar-refractivity contribution in [1.29, 1.82) is 0 Å². The number of ketones is 1. The molecule has 0 radical (unpaired) electrons. The van der Waals surface area contributed by atoms with Crippen LogP contribution in [0.2, 0.25) is 0 Å². The van der Waals surface area contributed by atoms with E-state index >= 15 is 0 Å². The van der Waals surface area contributed by atoms with E-state index in [0.717, 1.165) is 25.7 Å². The minimum atomic E-state index is -0.325. The highest BCUT2D eigenvalue weighted by Gasteiger charge is 2.38. The highest BCUT2D eigenvalue weighted by atomic mass is 16.1. The van der Waals surface area contributed by atoms with Gasteiger partial charge in [0.15, 0.2) is 5.78 Å². The molecule has 1 aromatic carbocycles. The Morgan fingerprint density at radius 1 is 1.33 bits per heavy atom. The van der Waals surface area contributed by atoms with Crippen LogP contribution in [0.25, 0.3) is 0 Å². The van der Waals surface area contributed by atoms with Gasteiger partial charge >= 0.3 is 0 Å². The molecule has 2 nitrogen and oxygen atoms in total. The molecule has 18 heavy (non-hydrogen) atoms. The van der Waals surface area contributed by atoms with Crippen molar-refractivity contribution in [3.05, 3.63) is 35.9 Å². The van der Waals surface area contributed by atoms with Gasteiger partial charge in [-0.3, -0.25) is 10.1 Å². The first-order chi connectivity index (χ1) is 8.65. The molecule has 1 fully saturated rings. The predicted octanol–water partition coefficient (Wildman–Crippen LogP) is 3.63. The smallest absolute Gasteiger partial charge is 0.152 e. The van der Waals surface area contributed by atoms with Crippen LogP contribution in [-0.4, -0.2) is 11.3 Å². The van der Waals surface area contributed by atoms with Crippen LogP contribution in [0.5, 0.6) is 0 Å². The molecule has 1 aromatic rings. The summed E-state index contributed by atoms with van der Waals surface area (Å²) in [5.74, 6) is 0.378. The normalized spacial score (nSPS) is 28.3. The van der Waals surface area contributed by atoms with Crippen LogP contribution in [0.1, 0.15) is 57.6 Å². The van der Waals surface area contributed by atoms with E-state index in [0.29, 0.717) is 18.2 Å². The van der Waals surface area contributed by atoms with E-state index in [1.807, 2.05) is 6.07 Å². The zero-order valence-electron chi connectivity index (χ0n) is 11.4. The fraction of sp³-hybridized carbons (Fsp3) is 0.562. The van der Waals surface area contributed by atoms with Crippen molar-refractivity contribution in [3.63, 3.8) is 0 Å². The predicted molar refractivity (Wildman–Crippen MR) is 74.5 cm³/mol. The molecule has 0 aliphatic carbocycles. The minimum Gasteiger partial charge on any atom is -0.298 e. The van der Waals surface area contributed by atoms with E-state index in [-0.39, 0.29) is 5.54 Å². The van der Waals surface area contributed by atoms with Crippen molar-refractivity contribution in [2.75, 3.05) is 0 Å². The number of hydrogen-bond acceptors (Lipinski definition) is 2. The summed E-state index contributed by atoms with van der Waals surface area (Å²) in [5, 5.41) is 3.58. The number of piperidine rings is 1. The maximum absolute atomic E-state index is 12.1. The Labute approximate surface area is 110 Å². The lowest BCUT2D eigenvalue weighted by molar-refractivity contribution is -0.127. The molecular formula is C16H23NO. The number of unbranched alkanes of at least 4 members (excludes halogenated alkanes) is 1. The first-order valence-corrected chi connectivity index (χ1v) is 7.01. The Bertz CT molecular complexity index is 401. The van der Waals surface area contributed by atoms with Gasteiger partial charge < -0.3 is 0 Å². The number of hydrogen-bond donors (Lipinski definition) is 1. The van der Waals surface area contributed by atoms with Crippen LogP contribution in [0.4, 0.5) is 0 Å². The van der Waals surface area contributed by atoms with Gasteiger partial charge in [0.2, 0.25) is 0 Å². The summed E-state index contributed by atoms with van der Waals surface area (Å²) >= 11 is 0. The number of Topliss-reactive ketones (excluding diaryl/α,β-unsaturated/α-hetero) is 1. The molecule has 2 rings (SSSR count). The van der Waals surface area contributed by atoms with E-state index in [4.69, 9.17) is 0 Å². The summed E-state index contributed by atoms with van der Waals surface area (Å²) in [5.41, 5.74) is 0.974. The van der Waals surface area contributed by atoms with Gasteiger partial charge in [-0.25, -0.2) is 0 Å². The lowest BCUT2D eigenvalue weighted by Gasteiger charge is -2.39. The van der Waals surface area contributed by atoms with Crippen LogP contribution >= 0.6 is 0 Å². The topological polar surface area (TPSA) is 29.1 Å². The molecule has 2 heteroatoms. The van der Waals surface area contributed by atoms with E-state index in [9.17, 15) is 4.79 Å². The minimum absolute atomic E-state index is 0.325. The van der Waals surface area contributed by atoms with Crippen molar-refractivity contribution in [2.45, 2.75) is 57.5 Å². The zero-order chi connectivity index (χ0) is 13.0. The third-order valence-corrected chi connectivity index (χ3v) is 4.00. The molecule has 0 saturated carbocycles. The lowest BCUT2D eigenvalue weighted by Crippen LogP contribution is -2.54. The molecular weight excluding hydrogens is 222 g/mol. The first-order valence-electron chi connectivity index (χ1n) is 7.01. The van der Waals surface area contributed by atoms with Gasteiger partial charge in [0.05, 0.1) is 5.54 Å². The number of rotatable bonds is 4. The van der Waals surface area contributed by atoms with E-state index in [1.165, 1.54) is 5.56 Å². The van der Waals surface area contributed by atoms with E-state index in [1.54, 1.807) is 0 Å². The second-order valence-electron chi connectivity index (χ2n) is 5.51. The lowest BCUT2D eigenvalue weighted by atomic mass is 9.81. The van der Waals surface area contributed by atoms with Gasteiger partial charge in [0.1, 0.15) is 0 Å². The monoisotopic (exact) mass is 245 g/mol. The molecule has 98 valence electrons. The molecule has 1 heterocycles. The summed E-state index contributed by atoms with van der Waals surface area (Å²) in [6.07, 6.45) is 4.82. The summed E-state index contributed by atoms with van der Waals surface area (Å²) in [6, 6.07) is 10.8. The quantitative estimate of drug-likeness (QED) is 0.877. The molecule has 0 spiro atoms. The van der Waals surface area contributed by atoms with Crippen LogP contribution in [0, 0.1) is 0 Å². The third kappa shape index (κ3) is 2.81. The number of carbonyl (C=O) groups is 1. The summed E-state index contributed by atoms with van der Waals surface area (Å²) in [7, 11) is 0. The van der Waals surface area contributed by atoms with E-state index in [2.05, 4.69) is 43.4 Å². The largest absolute Gasteiger partial charge is 0.298 e. The Hall–Kier alpha value is -1.15. The second-order valence-corrected chi connectivity index (χ2v) is 5.51. The zero-order valence-corrected chi connectivity index (χ0v) is 11.4. The summed E-state index contributed by atoms with van der Waals surface area (Å²) in [6.45, 7) is 4.24. The molecule has 1 aliphatic rings.